The van der Waals surface area contributed by atoms with Crippen molar-refractivity contribution in [1.29, 1.82) is 0 Å². The highest BCUT2D eigenvalue weighted by molar-refractivity contribution is 5.96. The van der Waals surface area contributed by atoms with E-state index < -0.39 is 0 Å². The van der Waals surface area contributed by atoms with Crippen LogP contribution in [0.25, 0.3) is 0 Å². The summed E-state index contributed by atoms with van der Waals surface area (Å²) in [6.07, 6.45) is 2.56. The van der Waals surface area contributed by atoms with Crippen LogP contribution in [0.5, 0.6) is 5.75 Å². The van der Waals surface area contributed by atoms with Crippen molar-refractivity contribution in [3.8, 4) is 5.75 Å². The van der Waals surface area contributed by atoms with Crippen LogP contribution in [0.3, 0.4) is 0 Å². The monoisotopic (exact) mass is 261 g/mol. The molecule has 0 bridgehead atoms. The molecule has 2 rings (SSSR count). The number of ether oxygens (including phenoxy) is 1. The van der Waals surface area contributed by atoms with Gasteiger partial charge < -0.3 is 4.74 Å². The molecule has 19 heavy (non-hydrogen) atoms. The van der Waals surface area contributed by atoms with Gasteiger partial charge in [-0.3, -0.25) is 9.69 Å². The lowest BCUT2D eigenvalue weighted by Crippen LogP contribution is -2.35. The van der Waals surface area contributed by atoms with Crippen molar-refractivity contribution >= 4 is 5.78 Å². The number of carbonyl (C=O) groups is 1. The number of piperidine rings is 1. The molecule has 3 heteroatoms. The van der Waals surface area contributed by atoms with E-state index in [1.54, 1.807) is 6.92 Å². The molecule has 0 atom stereocenters. The standard InChI is InChI=1S/C16H23NO2/c1-13-7-9-17(10-8-13)11-12-19-16-6-4-3-5-15(16)14(2)18/h3-6,13H,7-12H2,1-2H3. The van der Waals surface area contributed by atoms with Gasteiger partial charge in [-0.2, -0.15) is 0 Å². The highest BCUT2D eigenvalue weighted by atomic mass is 16.5. The minimum absolute atomic E-state index is 0.0578. The molecule has 0 N–H and O–H groups in total. The minimum Gasteiger partial charge on any atom is -0.491 e. The fraction of sp³-hybridized carbons (Fsp3) is 0.562. The molecule has 0 aromatic heterocycles. The number of Topliss-reactive ketones (excluding diaryl/α,β-unsaturated/α-hetero) is 1. The number of ketones is 1. The van der Waals surface area contributed by atoms with Gasteiger partial charge in [0, 0.05) is 6.54 Å². The SMILES string of the molecule is CC(=O)c1ccccc1OCCN1CCC(C)CC1. The van der Waals surface area contributed by atoms with Crippen LogP contribution in [0.15, 0.2) is 24.3 Å². The van der Waals surface area contributed by atoms with Gasteiger partial charge in [0.2, 0.25) is 0 Å². The van der Waals surface area contributed by atoms with Crippen LogP contribution in [-0.4, -0.2) is 36.9 Å². The molecule has 1 heterocycles. The molecule has 1 aliphatic heterocycles. The normalized spacial score (nSPS) is 17.4. The zero-order valence-corrected chi connectivity index (χ0v) is 11.9. The van der Waals surface area contributed by atoms with Crippen LogP contribution in [0.2, 0.25) is 0 Å². The molecule has 0 spiro atoms. The molecule has 1 saturated heterocycles. The Morgan fingerprint density at radius 2 is 2.00 bits per heavy atom. The lowest BCUT2D eigenvalue weighted by molar-refractivity contribution is 0.101. The van der Waals surface area contributed by atoms with E-state index in [2.05, 4.69) is 11.8 Å². The topological polar surface area (TPSA) is 29.5 Å². The Hall–Kier alpha value is -1.35. The summed E-state index contributed by atoms with van der Waals surface area (Å²) in [4.78, 5) is 13.9. The summed E-state index contributed by atoms with van der Waals surface area (Å²) in [5.74, 6) is 1.62. The second-order valence-electron chi connectivity index (χ2n) is 5.42. The third-order valence-corrected chi connectivity index (χ3v) is 3.81. The van der Waals surface area contributed by atoms with Gasteiger partial charge in [-0.1, -0.05) is 19.1 Å². The van der Waals surface area contributed by atoms with E-state index in [1.165, 1.54) is 25.9 Å². The van der Waals surface area contributed by atoms with Crippen molar-refractivity contribution in [2.24, 2.45) is 5.92 Å². The summed E-state index contributed by atoms with van der Waals surface area (Å²) >= 11 is 0. The molecule has 1 aromatic carbocycles. The number of hydrogen-bond acceptors (Lipinski definition) is 3. The van der Waals surface area contributed by atoms with Gasteiger partial charge in [0.15, 0.2) is 5.78 Å². The largest absolute Gasteiger partial charge is 0.491 e. The maximum Gasteiger partial charge on any atom is 0.163 e. The fourth-order valence-electron chi connectivity index (χ4n) is 2.45. The lowest BCUT2D eigenvalue weighted by Gasteiger charge is -2.30. The van der Waals surface area contributed by atoms with Crippen molar-refractivity contribution in [3.05, 3.63) is 29.8 Å². The quantitative estimate of drug-likeness (QED) is 0.763. The molecule has 0 amide bonds. The van der Waals surface area contributed by atoms with E-state index in [1.807, 2.05) is 24.3 Å². The fourth-order valence-corrected chi connectivity index (χ4v) is 2.45. The second-order valence-corrected chi connectivity index (χ2v) is 5.42. The van der Waals surface area contributed by atoms with Gasteiger partial charge in [-0.15, -0.1) is 0 Å². The number of benzene rings is 1. The number of likely N-dealkylation sites (tertiary alicyclic amines) is 1. The van der Waals surface area contributed by atoms with E-state index in [4.69, 9.17) is 4.74 Å². The van der Waals surface area contributed by atoms with Crippen molar-refractivity contribution in [1.82, 2.24) is 4.90 Å². The number of para-hydroxylation sites is 1. The molecule has 0 aliphatic carbocycles. The van der Waals surface area contributed by atoms with E-state index in [9.17, 15) is 4.79 Å². The molecular formula is C16H23NO2. The number of hydrogen-bond donors (Lipinski definition) is 0. The molecule has 1 aromatic rings. The Morgan fingerprint density at radius 3 is 2.68 bits per heavy atom. The molecule has 0 radical (unpaired) electrons. The van der Waals surface area contributed by atoms with E-state index in [0.717, 1.165) is 12.5 Å². The summed E-state index contributed by atoms with van der Waals surface area (Å²) in [6, 6.07) is 7.47. The highest BCUT2D eigenvalue weighted by Gasteiger charge is 2.15. The van der Waals surface area contributed by atoms with Crippen LogP contribution < -0.4 is 4.74 Å². The molecule has 1 aliphatic rings. The Kier molecular flexibility index (Phi) is 4.97. The van der Waals surface area contributed by atoms with Crippen LogP contribution in [0, 0.1) is 5.92 Å². The average molecular weight is 261 g/mol. The Morgan fingerprint density at radius 1 is 1.32 bits per heavy atom. The Balaban J connectivity index is 1.81. The summed E-state index contributed by atoms with van der Waals surface area (Å²) < 4.78 is 5.77. The summed E-state index contributed by atoms with van der Waals surface area (Å²) in [5, 5.41) is 0. The summed E-state index contributed by atoms with van der Waals surface area (Å²) in [7, 11) is 0. The minimum atomic E-state index is 0.0578. The first-order valence-electron chi connectivity index (χ1n) is 7.12. The zero-order valence-electron chi connectivity index (χ0n) is 11.9. The molecular weight excluding hydrogens is 238 g/mol. The van der Waals surface area contributed by atoms with E-state index >= 15 is 0 Å². The molecule has 0 unspecified atom stereocenters. The predicted octanol–water partition coefficient (Wildman–Crippen LogP) is 3.00. The third-order valence-electron chi connectivity index (χ3n) is 3.81. The van der Waals surface area contributed by atoms with Gasteiger partial charge in [0.05, 0.1) is 5.56 Å². The number of carbonyl (C=O) groups excluding carboxylic acids is 1. The highest BCUT2D eigenvalue weighted by Crippen LogP contribution is 2.19. The number of rotatable bonds is 5. The first-order valence-corrected chi connectivity index (χ1v) is 7.12. The lowest BCUT2D eigenvalue weighted by atomic mass is 9.99. The number of nitrogens with zero attached hydrogens (tertiary/aromatic N) is 1. The van der Waals surface area contributed by atoms with Gasteiger partial charge >= 0.3 is 0 Å². The van der Waals surface area contributed by atoms with Crippen molar-refractivity contribution in [2.45, 2.75) is 26.7 Å². The van der Waals surface area contributed by atoms with Crippen molar-refractivity contribution in [3.63, 3.8) is 0 Å². The first kappa shape index (κ1) is 14.1. The predicted molar refractivity (Wildman–Crippen MR) is 76.8 cm³/mol. The molecule has 0 saturated carbocycles. The average Bonchev–Trinajstić information content (AvgIpc) is 2.41. The second kappa shape index (κ2) is 6.71. The van der Waals surface area contributed by atoms with Gasteiger partial charge in [-0.25, -0.2) is 0 Å². The van der Waals surface area contributed by atoms with E-state index in [0.29, 0.717) is 17.9 Å². The van der Waals surface area contributed by atoms with Crippen molar-refractivity contribution < 1.29 is 9.53 Å². The van der Waals surface area contributed by atoms with Crippen LogP contribution >= 0.6 is 0 Å². The maximum absolute atomic E-state index is 11.5. The summed E-state index contributed by atoms with van der Waals surface area (Å²) in [5.41, 5.74) is 0.676. The molecule has 3 nitrogen and oxygen atoms in total. The van der Waals surface area contributed by atoms with Gasteiger partial charge in [0.25, 0.3) is 0 Å². The molecule has 104 valence electrons. The third kappa shape index (κ3) is 4.06. The summed E-state index contributed by atoms with van der Waals surface area (Å²) in [6.45, 7) is 7.82. The van der Waals surface area contributed by atoms with Crippen LogP contribution in [-0.2, 0) is 0 Å². The Labute approximate surface area is 115 Å². The van der Waals surface area contributed by atoms with Gasteiger partial charge in [0.1, 0.15) is 12.4 Å². The van der Waals surface area contributed by atoms with E-state index in [-0.39, 0.29) is 5.78 Å². The zero-order chi connectivity index (χ0) is 13.7. The van der Waals surface area contributed by atoms with Gasteiger partial charge in [-0.05, 0) is 50.9 Å². The Bertz CT molecular complexity index is 423. The van der Waals surface area contributed by atoms with Crippen molar-refractivity contribution in [2.75, 3.05) is 26.2 Å². The first-order chi connectivity index (χ1) is 9.16. The smallest absolute Gasteiger partial charge is 0.163 e. The molecule has 1 fully saturated rings. The van der Waals surface area contributed by atoms with Crippen LogP contribution in [0.1, 0.15) is 37.0 Å². The van der Waals surface area contributed by atoms with Crippen LogP contribution in [0.4, 0.5) is 0 Å². The maximum atomic E-state index is 11.5.